The topological polar surface area (TPSA) is 203 Å². The molecule has 48 heavy (non-hydrogen) atoms. The van der Waals surface area contributed by atoms with E-state index in [1.165, 1.54) is 36.4 Å². The lowest BCUT2D eigenvalue weighted by atomic mass is 9.97. The molecule has 0 bridgehead atoms. The van der Waals surface area contributed by atoms with Gasteiger partial charge in [0.15, 0.2) is 0 Å². The predicted molar refractivity (Wildman–Crippen MR) is 170 cm³/mol. The van der Waals surface area contributed by atoms with E-state index < -0.39 is 28.9 Å². The highest BCUT2D eigenvalue weighted by molar-refractivity contribution is 6.12. The van der Waals surface area contributed by atoms with Gasteiger partial charge in [0, 0.05) is 42.9 Å². The van der Waals surface area contributed by atoms with Crippen LogP contribution in [0.4, 0.5) is 16.2 Å². The summed E-state index contributed by atoms with van der Waals surface area (Å²) >= 11 is 0. The summed E-state index contributed by atoms with van der Waals surface area (Å²) in [6.45, 7) is -0.132. The Morgan fingerprint density at radius 1 is 0.896 bits per heavy atom. The number of rotatable bonds is 16. The molecule has 15 nitrogen and oxygen atoms in total. The molecule has 1 saturated carbocycles. The van der Waals surface area contributed by atoms with Crippen molar-refractivity contribution >= 4 is 47.1 Å². The molecule has 3 N–H and O–H groups in total. The number of nitrogens with one attached hydrogen (secondary N) is 3. The Balaban J connectivity index is 1.15. The first-order valence-corrected chi connectivity index (χ1v) is 15.7. The molecule has 0 spiro atoms. The van der Waals surface area contributed by atoms with Gasteiger partial charge in [-0.25, -0.2) is 4.79 Å². The highest BCUT2D eigenvalue weighted by Gasteiger charge is 2.32. The third kappa shape index (κ3) is 10.7. The van der Waals surface area contributed by atoms with Gasteiger partial charge in [-0.15, -0.1) is 0 Å². The molecular formula is C33H37N5O10. The highest BCUT2D eigenvalue weighted by Crippen LogP contribution is 2.28. The number of amides is 5. The van der Waals surface area contributed by atoms with Crippen LogP contribution in [-0.2, 0) is 35.3 Å². The van der Waals surface area contributed by atoms with Crippen LogP contribution in [0.2, 0.25) is 0 Å². The quantitative estimate of drug-likeness (QED) is 0.0595. The zero-order valence-electron chi connectivity index (χ0n) is 26.2. The van der Waals surface area contributed by atoms with Crippen LogP contribution in [0.5, 0.6) is 5.75 Å². The van der Waals surface area contributed by atoms with E-state index in [0.29, 0.717) is 37.1 Å². The largest absolute Gasteiger partial charge is 0.514 e. The molecule has 2 aliphatic rings. The fourth-order valence-electron chi connectivity index (χ4n) is 5.39. The Morgan fingerprint density at radius 2 is 1.56 bits per heavy atom. The minimum Gasteiger partial charge on any atom is -0.429 e. The Hall–Kier alpha value is -5.60. The van der Waals surface area contributed by atoms with Crippen molar-refractivity contribution in [2.75, 3.05) is 18.4 Å². The zero-order chi connectivity index (χ0) is 34.5. The molecule has 0 saturated heterocycles. The third-order valence-electron chi connectivity index (χ3n) is 7.92. The van der Waals surface area contributed by atoms with Gasteiger partial charge in [0.2, 0.25) is 17.7 Å². The lowest BCUT2D eigenvalue weighted by Gasteiger charge is -2.24. The van der Waals surface area contributed by atoms with Gasteiger partial charge in [-0.2, -0.15) is 0 Å². The maximum absolute atomic E-state index is 13.1. The van der Waals surface area contributed by atoms with Gasteiger partial charge in [-0.3, -0.25) is 39.0 Å². The Labute approximate surface area is 276 Å². The van der Waals surface area contributed by atoms with Crippen LogP contribution in [0.1, 0.15) is 56.9 Å². The minimum atomic E-state index is -0.993. The molecule has 254 valence electrons. The van der Waals surface area contributed by atoms with E-state index in [1.54, 1.807) is 24.3 Å². The minimum absolute atomic E-state index is 0.0297. The van der Waals surface area contributed by atoms with Crippen LogP contribution < -0.4 is 20.7 Å². The Kier molecular flexibility index (Phi) is 12.7. The van der Waals surface area contributed by atoms with Crippen LogP contribution in [0.3, 0.4) is 0 Å². The van der Waals surface area contributed by atoms with Crippen LogP contribution in [0.25, 0.3) is 0 Å². The van der Waals surface area contributed by atoms with Crippen LogP contribution in [-0.4, -0.2) is 64.6 Å². The number of benzene rings is 2. The van der Waals surface area contributed by atoms with Crippen molar-refractivity contribution in [1.29, 1.82) is 0 Å². The van der Waals surface area contributed by atoms with E-state index in [0.717, 1.165) is 30.6 Å². The van der Waals surface area contributed by atoms with Gasteiger partial charge < -0.3 is 25.4 Å². The van der Waals surface area contributed by atoms with Gasteiger partial charge >= 0.3 is 6.16 Å². The van der Waals surface area contributed by atoms with Crippen molar-refractivity contribution in [2.45, 2.75) is 64.0 Å². The molecule has 15 heteroatoms. The summed E-state index contributed by atoms with van der Waals surface area (Å²) < 4.78 is 10.1. The van der Waals surface area contributed by atoms with E-state index >= 15 is 0 Å². The summed E-state index contributed by atoms with van der Waals surface area (Å²) in [5, 5.41) is 18.9. The van der Waals surface area contributed by atoms with E-state index in [1.807, 2.05) is 0 Å². The van der Waals surface area contributed by atoms with E-state index in [4.69, 9.17) is 9.47 Å². The number of carbonyl (C=O) groups excluding carboxylic acids is 6. The average molecular weight is 664 g/mol. The van der Waals surface area contributed by atoms with Crippen molar-refractivity contribution < 1.29 is 43.2 Å². The van der Waals surface area contributed by atoms with Crippen LogP contribution in [0.15, 0.2) is 60.7 Å². The van der Waals surface area contributed by atoms with E-state index in [9.17, 15) is 38.9 Å². The molecule has 1 unspecified atom stereocenters. The van der Waals surface area contributed by atoms with Gasteiger partial charge in [-0.1, -0.05) is 31.4 Å². The van der Waals surface area contributed by atoms with Crippen LogP contribution in [0, 0.1) is 16.0 Å². The lowest BCUT2D eigenvalue weighted by molar-refractivity contribution is -0.384. The van der Waals surface area contributed by atoms with E-state index in [-0.39, 0.29) is 54.6 Å². The molecule has 1 aliphatic carbocycles. The second kappa shape index (κ2) is 17.4. The Morgan fingerprint density at radius 3 is 2.21 bits per heavy atom. The number of anilines is 1. The van der Waals surface area contributed by atoms with Crippen molar-refractivity contribution in [1.82, 2.24) is 15.5 Å². The monoisotopic (exact) mass is 663 g/mol. The maximum Gasteiger partial charge on any atom is 0.514 e. The second-order valence-electron chi connectivity index (χ2n) is 11.4. The average Bonchev–Trinajstić information content (AvgIpc) is 3.72. The summed E-state index contributed by atoms with van der Waals surface area (Å²) in [6, 6.07) is 10.6. The van der Waals surface area contributed by atoms with Gasteiger partial charge in [0.05, 0.1) is 11.5 Å². The number of imide groups is 1. The predicted octanol–water partition coefficient (Wildman–Crippen LogP) is 3.53. The summed E-state index contributed by atoms with van der Waals surface area (Å²) in [5.74, 6) is -1.78. The fraction of sp³-hybridized carbons (Fsp3) is 0.394. The first-order chi connectivity index (χ1) is 23.1. The molecule has 1 aliphatic heterocycles. The molecule has 1 atom stereocenters. The first-order valence-electron chi connectivity index (χ1n) is 15.7. The van der Waals surface area contributed by atoms with Gasteiger partial charge in [0.25, 0.3) is 17.5 Å². The summed E-state index contributed by atoms with van der Waals surface area (Å²) in [7, 11) is 0. The SMILES string of the molecule is O=C(CNC(=O)C(NC(=O)CCCCCN1C(=O)C=CC1=O)C1CCCC1)Nc1ccc(COC(=O)Oc2ccc([N+](=O)[O-])cc2)cc1. The summed E-state index contributed by atoms with van der Waals surface area (Å²) in [4.78, 5) is 84.9. The smallest absolute Gasteiger partial charge is 0.429 e. The molecule has 2 aromatic carbocycles. The molecule has 5 amide bonds. The van der Waals surface area contributed by atoms with Crippen molar-refractivity contribution in [3.63, 3.8) is 0 Å². The molecule has 4 rings (SSSR count). The number of unbranched alkanes of at least 4 members (excludes halogenated alkanes) is 2. The first kappa shape index (κ1) is 35.3. The lowest BCUT2D eigenvalue weighted by Crippen LogP contribution is -2.51. The highest BCUT2D eigenvalue weighted by atomic mass is 16.7. The number of nitrogens with zero attached hydrogens (tertiary/aromatic N) is 2. The van der Waals surface area contributed by atoms with Gasteiger partial charge in [0.1, 0.15) is 18.4 Å². The number of hydrogen-bond donors (Lipinski definition) is 3. The molecule has 2 aromatic rings. The summed E-state index contributed by atoms with van der Waals surface area (Å²) in [5.41, 5.74) is 0.906. The number of carbonyl (C=O) groups is 6. The normalized spacial score (nSPS) is 14.8. The van der Waals surface area contributed by atoms with Crippen molar-refractivity contribution in [3.05, 3.63) is 76.4 Å². The fourth-order valence-corrected chi connectivity index (χ4v) is 5.39. The van der Waals surface area contributed by atoms with E-state index in [2.05, 4.69) is 16.0 Å². The van der Waals surface area contributed by atoms with Crippen molar-refractivity contribution in [2.24, 2.45) is 5.92 Å². The number of hydrogen-bond acceptors (Lipinski definition) is 10. The van der Waals surface area contributed by atoms with Gasteiger partial charge in [-0.05, 0) is 61.4 Å². The molecular weight excluding hydrogens is 626 g/mol. The maximum atomic E-state index is 13.1. The van der Waals surface area contributed by atoms with Crippen LogP contribution >= 0.6 is 0 Å². The molecule has 1 heterocycles. The zero-order valence-corrected chi connectivity index (χ0v) is 26.2. The number of non-ortho nitro benzene ring substituents is 1. The number of nitro benzene ring substituents is 1. The summed E-state index contributed by atoms with van der Waals surface area (Å²) in [6.07, 6.45) is 6.91. The second-order valence-corrected chi connectivity index (χ2v) is 11.4. The molecule has 1 fully saturated rings. The standard InChI is InChI=1S/C33H37N5O10/c39-27(8-2-1-5-19-37-29(41)17-18-30(37)42)36-31(23-6-3-4-7-23)32(43)34-20-28(40)35-24-11-9-22(10-12-24)21-47-33(44)48-26-15-13-25(14-16-26)38(45)46/h9-18,23,31H,1-8,19-21H2,(H,34,43)(H,35,40)(H,36,39). The number of nitro groups is 1. The number of ether oxygens (including phenoxy) is 2. The third-order valence-corrected chi connectivity index (χ3v) is 7.92. The molecule has 0 aromatic heterocycles. The Bertz CT molecular complexity index is 1520. The van der Waals surface area contributed by atoms with Crippen molar-refractivity contribution in [3.8, 4) is 5.75 Å². The molecule has 0 radical (unpaired) electrons.